The molecule has 2 heterocycles. The Hall–Kier alpha value is -0.900. The lowest BCUT2D eigenvalue weighted by Crippen LogP contribution is -2.53. The Labute approximate surface area is 140 Å². The van der Waals surface area contributed by atoms with Gasteiger partial charge in [-0.1, -0.05) is 30.3 Å². The first kappa shape index (κ1) is 16.9. The second-order valence-electron chi connectivity index (χ2n) is 7.74. The van der Waals surface area contributed by atoms with E-state index in [-0.39, 0.29) is 5.60 Å². The summed E-state index contributed by atoms with van der Waals surface area (Å²) in [6.45, 7) is 6.10. The first-order chi connectivity index (χ1) is 11.1. The SMILES string of the molecule is CC1(O)CCOC2(CCN(CCCCc3ccccc3)CC2)C1. The van der Waals surface area contributed by atoms with Gasteiger partial charge in [0.2, 0.25) is 0 Å². The first-order valence-electron chi connectivity index (χ1n) is 9.20. The van der Waals surface area contributed by atoms with Crippen LogP contribution >= 0.6 is 0 Å². The number of hydrogen-bond acceptors (Lipinski definition) is 3. The molecule has 3 rings (SSSR count). The summed E-state index contributed by atoms with van der Waals surface area (Å²) in [4.78, 5) is 2.57. The number of aliphatic hydroxyl groups is 1. The maximum Gasteiger partial charge on any atom is 0.0734 e. The Morgan fingerprint density at radius 3 is 2.52 bits per heavy atom. The van der Waals surface area contributed by atoms with E-state index >= 15 is 0 Å². The third-order valence-corrected chi connectivity index (χ3v) is 5.55. The molecule has 1 unspecified atom stereocenters. The summed E-state index contributed by atoms with van der Waals surface area (Å²) in [6.07, 6.45) is 7.44. The van der Waals surface area contributed by atoms with Crippen LogP contribution in [0.1, 0.15) is 51.0 Å². The van der Waals surface area contributed by atoms with Crippen molar-refractivity contribution >= 4 is 0 Å². The van der Waals surface area contributed by atoms with E-state index in [0.29, 0.717) is 6.61 Å². The molecule has 2 saturated heterocycles. The lowest BCUT2D eigenvalue weighted by Gasteiger charge is -2.48. The molecule has 0 bridgehead atoms. The summed E-state index contributed by atoms with van der Waals surface area (Å²) >= 11 is 0. The van der Waals surface area contributed by atoms with Crippen LogP contribution in [0, 0.1) is 0 Å². The molecule has 1 aromatic carbocycles. The van der Waals surface area contributed by atoms with Gasteiger partial charge in [0.25, 0.3) is 0 Å². The number of rotatable bonds is 5. The van der Waals surface area contributed by atoms with Gasteiger partial charge in [-0.05, 0) is 57.6 Å². The van der Waals surface area contributed by atoms with Crippen molar-refractivity contribution in [2.24, 2.45) is 0 Å². The average Bonchev–Trinajstić information content (AvgIpc) is 2.53. The molecule has 2 fully saturated rings. The number of nitrogens with zero attached hydrogens (tertiary/aromatic N) is 1. The van der Waals surface area contributed by atoms with E-state index in [1.54, 1.807) is 0 Å². The third kappa shape index (κ3) is 4.79. The monoisotopic (exact) mass is 317 g/mol. The standard InChI is InChI=1S/C20H31NO2/c1-19(22)12-16-23-20(17-19)10-14-21(15-11-20)13-6-5-9-18-7-3-2-4-8-18/h2-4,7-8,22H,5-6,9-17H2,1H3. The molecule has 128 valence electrons. The Balaban J connectivity index is 1.36. The van der Waals surface area contributed by atoms with Crippen molar-refractivity contribution in [3.05, 3.63) is 35.9 Å². The van der Waals surface area contributed by atoms with Gasteiger partial charge in [-0.25, -0.2) is 0 Å². The van der Waals surface area contributed by atoms with Crippen molar-refractivity contribution < 1.29 is 9.84 Å². The topological polar surface area (TPSA) is 32.7 Å². The van der Waals surface area contributed by atoms with Gasteiger partial charge < -0.3 is 14.7 Å². The summed E-state index contributed by atoms with van der Waals surface area (Å²) in [5, 5.41) is 10.3. The molecule has 0 radical (unpaired) electrons. The number of hydrogen-bond donors (Lipinski definition) is 1. The van der Waals surface area contributed by atoms with Crippen LogP contribution < -0.4 is 0 Å². The van der Waals surface area contributed by atoms with Gasteiger partial charge >= 0.3 is 0 Å². The molecule has 0 aromatic heterocycles. The molecule has 2 aliphatic heterocycles. The fourth-order valence-corrected chi connectivity index (χ4v) is 4.14. The fourth-order valence-electron chi connectivity index (χ4n) is 4.14. The fraction of sp³-hybridized carbons (Fsp3) is 0.700. The van der Waals surface area contributed by atoms with Crippen molar-refractivity contribution in [2.75, 3.05) is 26.2 Å². The van der Waals surface area contributed by atoms with Gasteiger partial charge in [0.05, 0.1) is 17.8 Å². The highest BCUT2D eigenvalue weighted by Crippen LogP contribution is 2.39. The molecule has 0 aliphatic carbocycles. The van der Waals surface area contributed by atoms with Crippen LogP contribution in [0.15, 0.2) is 30.3 Å². The van der Waals surface area contributed by atoms with Crippen LogP contribution in [0.25, 0.3) is 0 Å². The summed E-state index contributed by atoms with van der Waals surface area (Å²) in [7, 11) is 0. The van der Waals surface area contributed by atoms with E-state index in [1.165, 1.54) is 31.4 Å². The van der Waals surface area contributed by atoms with Gasteiger partial charge in [-0.15, -0.1) is 0 Å². The van der Waals surface area contributed by atoms with Crippen LogP contribution in [-0.4, -0.2) is 47.4 Å². The number of benzene rings is 1. The predicted octanol–water partition coefficient (Wildman–Crippen LogP) is 3.41. The van der Waals surface area contributed by atoms with Crippen molar-refractivity contribution in [2.45, 2.75) is 63.1 Å². The number of likely N-dealkylation sites (tertiary alicyclic amines) is 1. The largest absolute Gasteiger partial charge is 0.390 e. The van der Waals surface area contributed by atoms with Gasteiger partial charge in [0.15, 0.2) is 0 Å². The molecule has 1 aromatic rings. The summed E-state index contributed by atoms with van der Waals surface area (Å²) in [6, 6.07) is 10.8. The van der Waals surface area contributed by atoms with Crippen LogP contribution in [0.5, 0.6) is 0 Å². The first-order valence-corrected chi connectivity index (χ1v) is 9.20. The Kier molecular flexibility index (Phi) is 5.40. The van der Waals surface area contributed by atoms with Crippen molar-refractivity contribution in [1.82, 2.24) is 4.90 Å². The summed E-state index contributed by atoms with van der Waals surface area (Å²) in [5.41, 5.74) is 0.862. The van der Waals surface area contributed by atoms with Gasteiger partial charge in [-0.3, -0.25) is 0 Å². The van der Waals surface area contributed by atoms with Crippen LogP contribution in [-0.2, 0) is 11.2 Å². The molecule has 2 aliphatic rings. The number of piperidine rings is 1. The molecular formula is C20H31NO2. The maximum atomic E-state index is 10.3. The number of aryl methyl sites for hydroxylation is 1. The van der Waals surface area contributed by atoms with Gasteiger partial charge in [-0.2, -0.15) is 0 Å². The molecule has 0 amide bonds. The van der Waals surface area contributed by atoms with Gasteiger partial charge in [0.1, 0.15) is 0 Å². The average molecular weight is 317 g/mol. The molecule has 3 nitrogen and oxygen atoms in total. The van der Waals surface area contributed by atoms with Crippen molar-refractivity contribution in [3.63, 3.8) is 0 Å². The van der Waals surface area contributed by atoms with Crippen LogP contribution in [0.2, 0.25) is 0 Å². The smallest absolute Gasteiger partial charge is 0.0734 e. The van der Waals surface area contributed by atoms with Crippen LogP contribution in [0.3, 0.4) is 0 Å². The Morgan fingerprint density at radius 1 is 1.09 bits per heavy atom. The molecule has 1 spiro atoms. The Bertz CT molecular complexity index is 478. The molecular weight excluding hydrogens is 286 g/mol. The summed E-state index contributed by atoms with van der Waals surface area (Å²) in [5.74, 6) is 0. The second kappa shape index (κ2) is 7.33. The molecule has 0 saturated carbocycles. The number of ether oxygens (including phenoxy) is 1. The zero-order valence-corrected chi connectivity index (χ0v) is 14.5. The Morgan fingerprint density at radius 2 is 1.83 bits per heavy atom. The van der Waals surface area contributed by atoms with Gasteiger partial charge in [0, 0.05) is 19.5 Å². The minimum absolute atomic E-state index is 0.0533. The van der Waals surface area contributed by atoms with E-state index in [0.717, 1.165) is 38.8 Å². The lowest BCUT2D eigenvalue weighted by atomic mass is 9.78. The highest BCUT2D eigenvalue weighted by molar-refractivity contribution is 5.14. The highest BCUT2D eigenvalue weighted by Gasteiger charge is 2.44. The van der Waals surface area contributed by atoms with Crippen molar-refractivity contribution in [1.29, 1.82) is 0 Å². The molecule has 1 N–H and O–H groups in total. The van der Waals surface area contributed by atoms with E-state index in [2.05, 4.69) is 35.2 Å². The second-order valence-corrected chi connectivity index (χ2v) is 7.74. The minimum atomic E-state index is -0.532. The number of unbranched alkanes of at least 4 members (excludes halogenated alkanes) is 1. The zero-order chi connectivity index (χ0) is 16.2. The molecule has 23 heavy (non-hydrogen) atoms. The maximum absolute atomic E-state index is 10.3. The van der Waals surface area contributed by atoms with E-state index in [4.69, 9.17) is 4.74 Å². The quantitative estimate of drug-likeness (QED) is 0.845. The van der Waals surface area contributed by atoms with E-state index < -0.39 is 5.60 Å². The van der Waals surface area contributed by atoms with Crippen LogP contribution in [0.4, 0.5) is 0 Å². The minimum Gasteiger partial charge on any atom is -0.390 e. The molecule has 1 atom stereocenters. The van der Waals surface area contributed by atoms with E-state index in [9.17, 15) is 5.11 Å². The normalized spacial score (nSPS) is 28.1. The zero-order valence-electron chi connectivity index (χ0n) is 14.5. The van der Waals surface area contributed by atoms with Crippen molar-refractivity contribution in [3.8, 4) is 0 Å². The third-order valence-electron chi connectivity index (χ3n) is 5.55. The predicted molar refractivity (Wildman–Crippen MR) is 93.6 cm³/mol. The highest BCUT2D eigenvalue weighted by atomic mass is 16.5. The van der Waals surface area contributed by atoms with E-state index in [1.807, 2.05) is 6.92 Å². The molecule has 3 heteroatoms. The lowest BCUT2D eigenvalue weighted by molar-refractivity contribution is -0.172. The summed E-state index contributed by atoms with van der Waals surface area (Å²) < 4.78 is 6.09.